The van der Waals surface area contributed by atoms with Crippen LogP contribution in [0.5, 0.6) is 0 Å². The van der Waals surface area contributed by atoms with Crippen LogP contribution < -0.4 is 0 Å². The maximum atomic E-state index is 5.51. The number of pyridine rings is 1. The van der Waals surface area contributed by atoms with Gasteiger partial charge < -0.3 is 9.30 Å². The largest absolute Gasteiger partial charge is 0.379 e. The number of hydrogen-bond donors (Lipinski definition) is 0. The van der Waals surface area contributed by atoms with E-state index >= 15 is 0 Å². The normalized spacial score (nSPS) is 17.7. The first-order valence-electron chi connectivity index (χ1n) is 13.2. The molecule has 8 heteroatoms. The van der Waals surface area contributed by atoms with Gasteiger partial charge in [0, 0.05) is 37.8 Å². The number of rotatable bonds is 7. The van der Waals surface area contributed by atoms with E-state index < -0.39 is 0 Å². The zero-order chi connectivity index (χ0) is 24.2. The number of aryl methyl sites for hydroxylation is 3. The second kappa shape index (κ2) is 13.7. The molecule has 2 saturated heterocycles. The number of benzene rings is 1. The lowest BCUT2D eigenvalue weighted by Crippen LogP contribution is -2.48. The number of likely N-dealkylation sites (tertiary alicyclic amines) is 1. The number of ether oxygens (including phenoxy) is 1. The summed E-state index contributed by atoms with van der Waals surface area (Å²) < 4.78 is 7.79. The highest BCUT2D eigenvalue weighted by Gasteiger charge is 2.25. The average molecular weight is 547 g/mol. The topological polar surface area (TPSA) is 46.4 Å². The molecule has 1 aromatic carbocycles. The van der Waals surface area contributed by atoms with E-state index in [1.165, 1.54) is 42.6 Å². The fourth-order valence-electron chi connectivity index (χ4n) is 5.55. The van der Waals surface area contributed by atoms with Crippen molar-refractivity contribution in [3.05, 3.63) is 64.6 Å². The van der Waals surface area contributed by atoms with Gasteiger partial charge in [0.15, 0.2) is 5.65 Å². The van der Waals surface area contributed by atoms with E-state index in [9.17, 15) is 0 Å². The van der Waals surface area contributed by atoms with Crippen LogP contribution in [0, 0.1) is 13.8 Å². The Morgan fingerprint density at radius 1 is 0.973 bits per heavy atom. The quantitative estimate of drug-likeness (QED) is 0.402. The minimum Gasteiger partial charge on any atom is -0.379 e. The molecule has 2 aliphatic heterocycles. The minimum absolute atomic E-state index is 0. The second-order valence-corrected chi connectivity index (χ2v) is 10.0. The van der Waals surface area contributed by atoms with Crippen molar-refractivity contribution in [3.8, 4) is 0 Å². The molecule has 202 valence electrons. The predicted molar refractivity (Wildman–Crippen MR) is 157 cm³/mol. The lowest BCUT2D eigenvalue weighted by molar-refractivity contribution is 0.00184. The Hall–Kier alpha value is -1.96. The Labute approximate surface area is 233 Å². The van der Waals surface area contributed by atoms with E-state index in [0.717, 1.165) is 74.5 Å². The number of piperidine rings is 1. The summed E-state index contributed by atoms with van der Waals surface area (Å²) in [7, 11) is 0. The molecule has 6 nitrogen and oxygen atoms in total. The standard InChI is InChI=1S/C29H39N5O.2ClH/c1-4-27-31-28-22(2)20-23(3)30-29(28)34(27)21-25-9-7-24(8-10-25)6-5-13-32-14-11-26(12-15-32)33-16-18-35-19-17-33;;/h5-10,20,26H,4,11-19,21H2,1-3H3;2*1H. The van der Waals surface area contributed by atoms with Crippen molar-refractivity contribution in [1.82, 2.24) is 24.3 Å². The second-order valence-electron chi connectivity index (χ2n) is 10.0. The summed E-state index contributed by atoms with van der Waals surface area (Å²) in [4.78, 5) is 14.9. The summed E-state index contributed by atoms with van der Waals surface area (Å²) in [5, 5.41) is 0. The summed E-state index contributed by atoms with van der Waals surface area (Å²) in [6.45, 7) is 14.6. The summed E-state index contributed by atoms with van der Waals surface area (Å²) in [5.41, 5.74) is 6.81. The molecule has 2 aliphatic rings. The number of imidazole rings is 1. The Balaban J connectivity index is 0.00000190. The molecule has 0 atom stereocenters. The van der Waals surface area contributed by atoms with E-state index in [2.05, 4.69) is 77.6 Å². The third kappa shape index (κ3) is 7.12. The van der Waals surface area contributed by atoms with Crippen molar-refractivity contribution in [3.63, 3.8) is 0 Å². The highest BCUT2D eigenvalue weighted by atomic mass is 35.5. The first-order valence-corrected chi connectivity index (χ1v) is 13.2. The summed E-state index contributed by atoms with van der Waals surface area (Å²) in [6.07, 6.45) is 8.03. The smallest absolute Gasteiger partial charge is 0.160 e. The van der Waals surface area contributed by atoms with Crippen LogP contribution in [0.2, 0.25) is 0 Å². The van der Waals surface area contributed by atoms with Crippen molar-refractivity contribution in [1.29, 1.82) is 0 Å². The Kier molecular flexibility index (Phi) is 11.0. The van der Waals surface area contributed by atoms with Gasteiger partial charge in [0.05, 0.1) is 19.8 Å². The average Bonchev–Trinajstić information content (AvgIpc) is 3.23. The molecule has 5 rings (SSSR count). The molecule has 0 amide bonds. The number of nitrogens with zero attached hydrogens (tertiary/aromatic N) is 5. The van der Waals surface area contributed by atoms with Crippen molar-refractivity contribution in [2.75, 3.05) is 45.9 Å². The molecule has 0 bridgehead atoms. The third-order valence-electron chi connectivity index (χ3n) is 7.53. The van der Waals surface area contributed by atoms with Gasteiger partial charge in [-0.2, -0.15) is 0 Å². The molecule has 0 saturated carbocycles. The molecule has 37 heavy (non-hydrogen) atoms. The fraction of sp³-hybridized carbons (Fsp3) is 0.517. The van der Waals surface area contributed by atoms with Crippen LogP contribution in [-0.4, -0.2) is 76.3 Å². The first kappa shape index (κ1) is 29.6. The fourth-order valence-corrected chi connectivity index (χ4v) is 5.55. The van der Waals surface area contributed by atoms with E-state index in [4.69, 9.17) is 14.7 Å². The molecule has 0 unspecified atom stereocenters. The predicted octanol–water partition coefficient (Wildman–Crippen LogP) is 5.31. The monoisotopic (exact) mass is 545 g/mol. The molecule has 0 N–H and O–H groups in total. The van der Waals surface area contributed by atoms with Gasteiger partial charge in [-0.3, -0.25) is 9.80 Å². The zero-order valence-corrected chi connectivity index (χ0v) is 24.0. The van der Waals surface area contributed by atoms with Gasteiger partial charge >= 0.3 is 0 Å². The van der Waals surface area contributed by atoms with Crippen LogP contribution in [0.1, 0.15) is 48.0 Å². The van der Waals surface area contributed by atoms with Gasteiger partial charge in [0.2, 0.25) is 0 Å². The molecular weight excluding hydrogens is 505 g/mol. The maximum absolute atomic E-state index is 5.51. The van der Waals surface area contributed by atoms with Crippen LogP contribution in [0.15, 0.2) is 36.4 Å². The number of aromatic nitrogens is 3. The molecule has 0 radical (unpaired) electrons. The van der Waals surface area contributed by atoms with E-state index in [-0.39, 0.29) is 24.8 Å². The zero-order valence-electron chi connectivity index (χ0n) is 22.4. The number of halogens is 2. The van der Waals surface area contributed by atoms with Gasteiger partial charge in [0.1, 0.15) is 11.3 Å². The molecule has 0 spiro atoms. The van der Waals surface area contributed by atoms with Gasteiger partial charge in [-0.1, -0.05) is 43.3 Å². The lowest BCUT2D eigenvalue weighted by Gasteiger charge is -2.39. The Bertz CT molecular complexity index is 1160. The van der Waals surface area contributed by atoms with Crippen molar-refractivity contribution in [2.24, 2.45) is 0 Å². The van der Waals surface area contributed by atoms with Crippen molar-refractivity contribution in [2.45, 2.75) is 52.6 Å². The van der Waals surface area contributed by atoms with E-state index in [0.29, 0.717) is 0 Å². The SMILES string of the molecule is CCc1nc2c(C)cc(C)nc2n1Cc1ccc(C=CCN2CCC(N3CCOCC3)CC2)cc1.Cl.Cl. The van der Waals surface area contributed by atoms with Gasteiger partial charge in [-0.15, -0.1) is 24.8 Å². The molecule has 2 fully saturated rings. The summed E-state index contributed by atoms with van der Waals surface area (Å²) in [6, 6.07) is 11.8. The van der Waals surface area contributed by atoms with E-state index in [1.807, 2.05) is 0 Å². The number of morpholine rings is 1. The van der Waals surface area contributed by atoms with Crippen LogP contribution >= 0.6 is 24.8 Å². The van der Waals surface area contributed by atoms with Crippen LogP contribution in [-0.2, 0) is 17.7 Å². The van der Waals surface area contributed by atoms with Gasteiger partial charge in [-0.05, 0) is 62.5 Å². The molecular formula is C29H41Cl2N5O. The lowest BCUT2D eigenvalue weighted by atomic mass is 10.0. The maximum Gasteiger partial charge on any atom is 0.160 e. The van der Waals surface area contributed by atoms with Crippen LogP contribution in [0.3, 0.4) is 0 Å². The Morgan fingerprint density at radius 3 is 2.35 bits per heavy atom. The molecule has 3 aromatic rings. The third-order valence-corrected chi connectivity index (χ3v) is 7.53. The molecule has 2 aromatic heterocycles. The van der Waals surface area contributed by atoms with Gasteiger partial charge in [0.25, 0.3) is 0 Å². The van der Waals surface area contributed by atoms with Crippen molar-refractivity contribution >= 4 is 42.1 Å². The highest BCUT2D eigenvalue weighted by molar-refractivity contribution is 5.85. The Morgan fingerprint density at radius 2 is 1.68 bits per heavy atom. The van der Waals surface area contributed by atoms with Crippen LogP contribution in [0.25, 0.3) is 17.2 Å². The van der Waals surface area contributed by atoms with E-state index in [1.54, 1.807) is 0 Å². The summed E-state index contributed by atoms with van der Waals surface area (Å²) in [5.74, 6) is 1.10. The minimum atomic E-state index is 0. The van der Waals surface area contributed by atoms with Crippen molar-refractivity contribution < 1.29 is 4.74 Å². The first-order chi connectivity index (χ1) is 17.1. The van der Waals surface area contributed by atoms with Crippen LogP contribution in [0.4, 0.5) is 0 Å². The number of fused-ring (bicyclic) bond motifs is 1. The molecule has 0 aliphatic carbocycles. The summed E-state index contributed by atoms with van der Waals surface area (Å²) >= 11 is 0. The highest BCUT2D eigenvalue weighted by Crippen LogP contribution is 2.22. The molecule has 4 heterocycles. The number of hydrogen-bond acceptors (Lipinski definition) is 5. The van der Waals surface area contributed by atoms with Gasteiger partial charge in [-0.25, -0.2) is 9.97 Å².